The maximum Gasteiger partial charge on any atom is 0.249 e. The van der Waals surface area contributed by atoms with Crippen LogP contribution >= 0.6 is 27.5 Å². The van der Waals surface area contributed by atoms with E-state index in [9.17, 15) is 9.59 Å². The monoisotopic (exact) mass is 556 g/mol. The molecular weight excluding hydrogens is 532 g/mol. The quantitative estimate of drug-likeness (QED) is 0.268. The fourth-order valence-corrected chi connectivity index (χ4v) is 4.69. The minimum absolute atomic E-state index is 0.106. The van der Waals surface area contributed by atoms with Gasteiger partial charge in [-0.2, -0.15) is 4.98 Å². The third-order valence-electron chi connectivity index (χ3n) is 5.95. The van der Waals surface area contributed by atoms with Crippen LogP contribution in [0.15, 0.2) is 76.2 Å². The van der Waals surface area contributed by atoms with Gasteiger partial charge in [-0.3, -0.25) is 9.59 Å². The highest BCUT2D eigenvalue weighted by atomic mass is 79.9. The van der Waals surface area contributed by atoms with Crippen LogP contribution in [0.1, 0.15) is 42.1 Å². The van der Waals surface area contributed by atoms with Gasteiger partial charge in [0.1, 0.15) is 18.0 Å². The number of amides is 2. The molecule has 0 N–H and O–H groups in total. The van der Waals surface area contributed by atoms with Crippen molar-refractivity contribution in [2.45, 2.75) is 30.7 Å². The Morgan fingerprint density at radius 3 is 2.66 bits per heavy atom. The second-order valence-corrected chi connectivity index (χ2v) is 9.69. The predicted octanol–water partition coefficient (Wildman–Crippen LogP) is 5.55. The summed E-state index contributed by atoms with van der Waals surface area (Å²) in [6, 6.07) is 16.4. The SMILES string of the molecule is C=CCN(CC(=O)N1CCCCC1c1nc(-c2ccc(Br)cc2)no1)C(=O)C(Cl)c1ccccc1. The molecule has 1 aliphatic heterocycles. The van der Waals surface area contributed by atoms with Crippen LogP contribution in [0.25, 0.3) is 11.4 Å². The zero-order chi connectivity index (χ0) is 24.8. The number of hydrogen-bond donors (Lipinski definition) is 0. The molecule has 7 nitrogen and oxygen atoms in total. The Bertz CT molecular complexity index is 1170. The van der Waals surface area contributed by atoms with Gasteiger partial charge < -0.3 is 14.3 Å². The largest absolute Gasteiger partial charge is 0.337 e. The highest BCUT2D eigenvalue weighted by Gasteiger charge is 2.34. The average molecular weight is 558 g/mol. The summed E-state index contributed by atoms with van der Waals surface area (Å²) in [5.41, 5.74) is 1.51. The molecule has 0 aliphatic carbocycles. The van der Waals surface area contributed by atoms with E-state index < -0.39 is 5.38 Å². The summed E-state index contributed by atoms with van der Waals surface area (Å²) in [4.78, 5) is 34.3. The van der Waals surface area contributed by atoms with E-state index in [0.717, 1.165) is 22.9 Å². The van der Waals surface area contributed by atoms with Crippen LogP contribution in [0.4, 0.5) is 0 Å². The van der Waals surface area contributed by atoms with Crippen LogP contribution in [0.3, 0.4) is 0 Å². The Hall–Kier alpha value is -2.97. The van der Waals surface area contributed by atoms with Crippen molar-refractivity contribution in [2.24, 2.45) is 0 Å². The first-order chi connectivity index (χ1) is 17.0. The van der Waals surface area contributed by atoms with Crippen LogP contribution in [-0.4, -0.2) is 51.4 Å². The lowest BCUT2D eigenvalue weighted by molar-refractivity contribution is -0.142. The fraction of sp³-hybridized carbons (Fsp3) is 0.308. The molecule has 2 aromatic carbocycles. The summed E-state index contributed by atoms with van der Waals surface area (Å²) in [6.07, 6.45) is 4.12. The van der Waals surface area contributed by atoms with Crippen molar-refractivity contribution in [1.82, 2.24) is 19.9 Å². The normalized spacial score (nSPS) is 16.5. The molecule has 1 aromatic heterocycles. The number of halogens is 2. The average Bonchev–Trinajstić information content (AvgIpc) is 3.38. The van der Waals surface area contributed by atoms with Crippen molar-refractivity contribution < 1.29 is 14.1 Å². The molecule has 1 aliphatic rings. The second kappa shape index (κ2) is 11.6. The molecule has 2 unspecified atom stereocenters. The Morgan fingerprint density at radius 1 is 1.20 bits per heavy atom. The third-order valence-corrected chi connectivity index (χ3v) is 6.92. The standard InChI is InChI=1S/C26H26BrClN4O3/c1-2-15-31(26(34)23(28)18-8-4-3-5-9-18)17-22(33)32-16-7-6-10-21(32)25-29-24(30-35-25)19-11-13-20(27)14-12-19/h2-5,8-9,11-14,21,23H,1,6-7,10,15-17H2. The zero-order valence-electron chi connectivity index (χ0n) is 19.1. The van der Waals surface area contributed by atoms with Crippen LogP contribution in [0.5, 0.6) is 0 Å². The zero-order valence-corrected chi connectivity index (χ0v) is 21.5. The van der Waals surface area contributed by atoms with E-state index in [1.807, 2.05) is 42.5 Å². The maximum absolute atomic E-state index is 13.4. The minimum atomic E-state index is -0.884. The number of carbonyl (C=O) groups excluding carboxylic acids is 2. The summed E-state index contributed by atoms with van der Waals surface area (Å²) in [6.45, 7) is 4.40. The van der Waals surface area contributed by atoms with E-state index >= 15 is 0 Å². The smallest absolute Gasteiger partial charge is 0.249 e. The van der Waals surface area contributed by atoms with Gasteiger partial charge in [0, 0.05) is 23.1 Å². The van der Waals surface area contributed by atoms with Crippen LogP contribution in [-0.2, 0) is 9.59 Å². The maximum atomic E-state index is 13.4. The van der Waals surface area contributed by atoms with Gasteiger partial charge in [-0.15, -0.1) is 18.2 Å². The molecular formula is C26H26BrClN4O3. The lowest BCUT2D eigenvalue weighted by Gasteiger charge is -2.35. The minimum Gasteiger partial charge on any atom is -0.337 e. The Morgan fingerprint density at radius 2 is 1.94 bits per heavy atom. The molecule has 0 saturated carbocycles. The third kappa shape index (κ3) is 6.00. The van der Waals surface area contributed by atoms with Gasteiger partial charge in [0.2, 0.25) is 23.5 Å². The number of aromatic nitrogens is 2. The van der Waals surface area contributed by atoms with E-state index in [4.69, 9.17) is 16.1 Å². The number of benzene rings is 2. The number of nitrogens with zero attached hydrogens (tertiary/aromatic N) is 4. The summed E-state index contributed by atoms with van der Waals surface area (Å²) >= 11 is 9.89. The summed E-state index contributed by atoms with van der Waals surface area (Å²) in [7, 11) is 0. The fourth-order valence-electron chi connectivity index (χ4n) is 4.14. The second-order valence-electron chi connectivity index (χ2n) is 8.34. The number of rotatable bonds is 8. The van der Waals surface area contributed by atoms with Gasteiger partial charge in [0.05, 0.1) is 0 Å². The van der Waals surface area contributed by atoms with Crippen LogP contribution in [0.2, 0.25) is 0 Å². The van der Waals surface area contributed by atoms with Crippen molar-refractivity contribution in [3.8, 4) is 11.4 Å². The number of alkyl halides is 1. The molecule has 2 atom stereocenters. The van der Waals surface area contributed by atoms with Gasteiger partial charge >= 0.3 is 0 Å². The number of hydrogen-bond acceptors (Lipinski definition) is 5. The van der Waals surface area contributed by atoms with Crippen LogP contribution in [0, 0.1) is 0 Å². The van der Waals surface area contributed by atoms with Crippen molar-refractivity contribution in [3.63, 3.8) is 0 Å². The molecule has 2 amide bonds. The topological polar surface area (TPSA) is 79.5 Å². The van der Waals surface area contributed by atoms with Crippen molar-refractivity contribution in [3.05, 3.63) is 83.2 Å². The molecule has 0 radical (unpaired) electrons. The van der Waals surface area contributed by atoms with Gasteiger partial charge in [-0.25, -0.2) is 0 Å². The van der Waals surface area contributed by atoms with Gasteiger partial charge in [0.25, 0.3) is 0 Å². The van der Waals surface area contributed by atoms with Crippen molar-refractivity contribution >= 4 is 39.3 Å². The van der Waals surface area contributed by atoms with Crippen LogP contribution < -0.4 is 0 Å². The van der Waals surface area contributed by atoms with Crippen molar-refractivity contribution in [1.29, 1.82) is 0 Å². The van der Waals surface area contributed by atoms with E-state index in [1.54, 1.807) is 23.1 Å². The highest BCUT2D eigenvalue weighted by Crippen LogP contribution is 2.32. The Labute approximate surface area is 217 Å². The summed E-state index contributed by atoms with van der Waals surface area (Å²) < 4.78 is 6.54. The first-order valence-corrected chi connectivity index (χ1v) is 12.7. The molecule has 4 rings (SSSR count). The number of piperidine rings is 1. The first-order valence-electron chi connectivity index (χ1n) is 11.5. The van der Waals surface area contributed by atoms with E-state index in [0.29, 0.717) is 30.2 Å². The molecule has 1 saturated heterocycles. The van der Waals surface area contributed by atoms with Gasteiger partial charge in [-0.1, -0.05) is 57.5 Å². The molecule has 3 aromatic rings. The lowest BCUT2D eigenvalue weighted by Crippen LogP contribution is -2.46. The van der Waals surface area contributed by atoms with E-state index in [1.165, 1.54) is 4.90 Å². The van der Waals surface area contributed by atoms with Crippen molar-refractivity contribution in [2.75, 3.05) is 19.6 Å². The predicted molar refractivity (Wildman–Crippen MR) is 138 cm³/mol. The van der Waals surface area contributed by atoms with Gasteiger partial charge in [-0.05, 0) is 49.1 Å². The van der Waals surface area contributed by atoms with E-state index in [2.05, 4.69) is 32.6 Å². The Kier molecular flexibility index (Phi) is 8.36. The number of carbonyl (C=O) groups is 2. The molecule has 9 heteroatoms. The molecule has 35 heavy (non-hydrogen) atoms. The molecule has 0 spiro atoms. The first kappa shape index (κ1) is 25.1. The Balaban J connectivity index is 1.50. The summed E-state index contributed by atoms with van der Waals surface area (Å²) in [5.74, 6) is 0.346. The molecule has 2 heterocycles. The molecule has 1 fully saturated rings. The highest BCUT2D eigenvalue weighted by molar-refractivity contribution is 9.10. The molecule has 182 valence electrons. The van der Waals surface area contributed by atoms with Gasteiger partial charge in [0.15, 0.2) is 0 Å². The summed E-state index contributed by atoms with van der Waals surface area (Å²) in [5, 5.41) is 3.24. The number of likely N-dealkylation sites (tertiary alicyclic amines) is 1. The molecule has 0 bridgehead atoms. The van der Waals surface area contributed by atoms with E-state index in [-0.39, 0.29) is 30.9 Å². The lowest BCUT2D eigenvalue weighted by atomic mass is 10.0.